The smallest absolute Gasteiger partial charge is 0.305 e. The third-order valence-corrected chi connectivity index (χ3v) is 7.08. The number of nitrogens with two attached hydrogens (primary N) is 2. The second kappa shape index (κ2) is 18.9. The number of hydrogen-bond acceptors (Lipinski definition) is 13. The van der Waals surface area contributed by atoms with Gasteiger partial charge in [-0.05, 0) is 39.3 Å². The number of aliphatic hydroxyl groups is 1. The van der Waals surface area contributed by atoms with Crippen LogP contribution >= 0.6 is 25.3 Å². The van der Waals surface area contributed by atoms with E-state index in [1.165, 1.54) is 11.9 Å². The zero-order valence-electron chi connectivity index (χ0n) is 22.9. The van der Waals surface area contributed by atoms with Crippen LogP contribution in [0.25, 0.3) is 0 Å². The normalized spacial score (nSPS) is 17.8. The number of carboxylic acid groups (broad SMARTS) is 1. The molecule has 0 spiro atoms. The molecule has 18 heteroatoms. The van der Waals surface area contributed by atoms with Gasteiger partial charge >= 0.3 is 5.97 Å². The highest BCUT2D eigenvalue weighted by Crippen LogP contribution is 2.20. The zero-order chi connectivity index (χ0) is 31.1. The van der Waals surface area contributed by atoms with Crippen molar-refractivity contribution in [1.29, 1.82) is 0 Å². The minimum Gasteiger partial charge on any atom is -0.481 e. The van der Waals surface area contributed by atoms with Gasteiger partial charge in [0.1, 0.15) is 30.5 Å². The van der Waals surface area contributed by atoms with Crippen molar-refractivity contribution < 1.29 is 39.0 Å². The van der Waals surface area contributed by atoms with Crippen LogP contribution in [0.4, 0.5) is 0 Å². The van der Waals surface area contributed by atoms with Crippen molar-refractivity contribution in [3.8, 4) is 0 Å². The molecule has 11 N–H and O–H groups in total. The van der Waals surface area contributed by atoms with Crippen LogP contribution in [-0.4, -0.2) is 125 Å². The molecule has 41 heavy (non-hydrogen) atoms. The van der Waals surface area contributed by atoms with E-state index in [4.69, 9.17) is 11.5 Å². The Hall–Kier alpha value is -2.48. The molecule has 0 aromatic carbocycles. The Kier molecular flexibility index (Phi) is 16.8. The molecule has 0 aromatic heterocycles. The van der Waals surface area contributed by atoms with Gasteiger partial charge in [0.2, 0.25) is 23.6 Å². The molecule has 1 rings (SSSR count). The molecule has 5 atom stereocenters. The molecule has 0 unspecified atom stereocenters. The molecule has 1 heterocycles. The van der Waals surface area contributed by atoms with Crippen LogP contribution in [0.1, 0.15) is 32.1 Å². The quantitative estimate of drug-likeness (QED) is 0.0370. The predicted octanol–water partition coefficient (Wildman–Crippen LogP) is -4.51. The first-order valence-corrected chi connectivity index (χ1v) is 14.4. The number of aliphatic carboxylic acids is 1. The van der Waals surface area contributed by atoms with Crippen LogP contribution in [0.15, 0.2) is 0 Å². The summed E-state index contributed by atoms with van der Waals surface area (Å²) in [7, 11) is 1.41. The number of rotatable bonds is 19. The van der Waals surface area contributed by atoms with Gasteiger partial charge in [-0.25, -0.2) is 0 Å². The van der Waals surface area contributed by atoms with Crippen molar-refractivity contribution in [2.75, 3.05) is 38.2 Å². The third kappa shape index (κ3) is 12.1. The standard InChI is InChI=1S/C23H42N8O8S2/c1-26-14(9-32)20(37)29-13(8-18(34)35)22(39)31-7-3-5-16(31)21(38)28-12(4-2-6-27-23(24)25)19(36)30-15(10-40)17(33)11-41/h12-16,23,26-27,32,40-41H,2-11,24-25H2,1H3,(H,28,38)(H,29,37)(H,30,36)(H,34,35)/t12-,13-,14-,15-,16-/m0/s1. The molecular formula is C23H42N8O8S2. The van der Waals surface area contributed by atoms with E-state index in [9.17, 15) is 39.0 Å². The van der Waals surface area contributed by atoms with E-state index in [2.05, 4.69) is 51.8 Å². The summed E-state index contributed by atoms with van der Waals surface area (Å²) in [6.07, 6.45) is -0.375. The molecule has 0 radical (unpaired) electrons. The van der Waals surface area contributed by atoms with Gasteiger partial charge in [0, 0.05) is 12.3 Å². The number of amides is 4. The molecule has 234 valence electrons. The van der Waals surface area contributed by atoms with E-state index < -0.39 is 79.1 Å². The first kappa shape index (κ1) is 36.5. The molecule has 0 aliphatic carbocycles. The maximum Gasteiger partial charge on any atom is 0.305 e. The van der Waals surface area contributed by atoms with Crippen LogP contribution in [0.3, 0.4) is 0 Å². The topological polar surface area (TPSA) is 258 Å². The number of Topliss-reactive ketones (excluding diaryl/α,β-unsaturated/α-hetero) is 1. The highest BCUT2D eigenvalue weighted by molar-refractivity contribution is 7.81. The number of ketones is 1. The van der Waals surface area contributed by atoms with Gasteiger partial charge in [-0.15, -0.1) is 0 Å². The van der Waals surface area contributed by atoms with Crippen molar-refractivity contribution in [3.05, 3.63) is 0 Å². The summed E-state index contributed by atoms with van der Waals surface area (Å²) in [5, 5.41) is 31.5. The van der Waals surface area contributed by atoms with E-state index in [0.29, 0.717) is 19.4 Å². The molecule has 1 aliphatic heterocycles. The Labute approximate surface area is 249 Å². The number of hydrogen-bond donors (Lipinski definition) is 11. The van der Waals surface area contributed by atoms with Gasteiger partial charge in [0.15, 0.2) is 5.78 Å². The Balaban J connectivity index is 3.09. The SMILES string of the molecule is CN[C@@H](CO)C(=O)N[C@@H](CC(=O)O)C(=O)N1CCC[C@H]1C(=O)N[C@@H](CCCNC(N)N)C(=O)N[C@@H](CS)C(=O)CS. The Morgan fingerprint density at radius 3 is 2.15 bits per heavy atom. The molecule has 16 nitrogen and oxygen atoms in total. The van der Waals surface area contributed by atoms with E-state index in [1.54, 1.807) is 0 Å². The summed E-state index contributed by atoms with van der Waals surface area (Å²) >= 11 is 8.04. The fourth-order valence-electron chi connectivity index (χ4n) is 4.18. The molecular weight excluding hydrogens is 580 g/mol. The minimum atomic E-state index is -1.50. The van der Waals surface area contributed by atoms with Gasteiger partial charge in [0.05, 0.1) is 24.8 Å². The minimum absolute atomic E-state index is 0.0155. The number of carbonyl (C=O) groups excluding carboxylic acids is 5. The van der Waals surface area contributed by atoms with E-state index in [0.717, 1.165) is 0 Å². The lowest BCUT2D eigenvalue weighted by Crippen LogP contribution is -2.59. The number of likely N-dealkylation sites (N-methyl/N-ethyl adjacent to an activating group) is 1. The van der Waals surface area contributed by atoms with Gasteiger partial charge in [-0.3, -0.25) is 34.1 Å². The van der Waals surface area contributed by atoms with E-state index >= 15 is 0 Å². The molecule has 0 aromatic rings. The lowest BCUT2D eigenvalue weighted by molar-refractivity contribution is -0.146. The number of carboxylic acids is 1. The van der Waals surface area contributed by atoms with E-state index in [-0.39, 0.29) is 36.7 Å². The molecule has 0 saturated carbocycles. The molecule has 1 fully saturated rings. The molecule has 1 saturated heterocycles. The average Bonchev–Trinajstić information content (AvgIpc) is 3.42. The van der Waals surface area contributed by atoms with Crippen LogP contribution in [0, 0.1) is 0 Å². The molecule has 0 bridgehead atoms. The highest BCUT2D eigenvalue weighted by atomic mass is 32.1. The fourth-order valence-corrected chi connectivity index (χ4v) is 4.69. The second-order valence-electron chi connectivity index (χ2n) is 9.42. The Morgan fingerprint density at radius 2 is 1.61 bits per heavy atom. The van der Waals surface area contributed by atoms with Crippen LogP contribution in [0.5, 0.6) is 0 Å². The van der Waals surface area contributed by atoms with Crippen LogP contribution in [-0.2, 0) is 28.8 Å². The van der Waals surface area contributed by atoms with Crippen molar-refractivity contribution in [1.82, 2.24) is 31.5 Å². The highest BCUT2D eigenvalue weighted by Gasteiger charge is 2.40. The number of carbonyl (C=O) groups is 6. The maximum atomic E-state index is 13.3. The van der Waals surface area contributed by atoms with Crippen LogP contribution in [0.2, 0.25) is 0 Å². The predicted molar refractivity (Wildman–Crippen MR) is 155 cm³/mol. The number of nitrogens with zero attached hydrogens (tertiary/aromatic N) is 1. The third-order valence-electron chi connectivity index (χ3n) is 6.41. The molecule has 4 amide bonds. The zero-order valence-corrected chi connectivity index (χ0v) is 24.7. The summed E-state index contributed by atoms with van der Waals surface area (Å²) in [6, 6.07) is -5.64. The van der Waals surface area contributed by atoms with Crippen molar-refractivity contribution >= 4 is 60.6 Å². The van der Waals surface area contributed by atoms with E-state index in [1.807, 2.05) is 0 Å². The van der Waals surface area contributed by atoms with Crippen molar-refractivity contribution in [2.45, 2.75) is 68.6 Å². The first-order chi connectivity index (χ1) is 19.4. The monoisotopic (exact) mass is 622 g/mol. The average molecular weight is 623 g/mol. The summed E-state index contributed by atoms with van der Waals surface area (Å²) in [5.74, 6) is -4.70. The Morgan fingerprint density at radius 1 is 0.976 bits per heavy atom. The lowest BCUT2D eigenvalue weighted by atomic mass is 10.1. The van der Waals surface area contributed by atoms with Crippen molar-refractivity contribution in [3.63, 3.8) is 0 Å². The fraction of sp³-hybridized carbons (Fsp3) is 0.739. The van der Waals surface area contributed by atoms with Gasteiger partial charge in [-0.2, -0.15) is 25.3 Å². The Bertz CT molecular complexity index is 924. The summed E-state index contributed by atoms with van der Waals surface area (Å²) in [6.45, 7) is -0.143. The second-order valence-corrected chi connectivity index (χ2v) is 10.1. The maximum absolute atomic E-state index is 13.3. The summed E-state index contributed by atoms with van der Waals surface area (Å²) in [4.78, 5) is 76.9. The largest absolute Gasteiger partial charge is 0.481 e. The first-order valence-electron chi connectivity index (χ1n) is 13.1. The number of thiol groups is 2. The van der Waals surface area contributed by atoms with Crippen molar-refractivity contribution in [2.24, 2.45) is 11.5 Å². The number of likely N-dealkylation sites (tertiary alicyclic amines) is 1. The van der Waals surface area contributed by atoms with Gasteiger partial charge in [0.25, 0.3) is 0 Å². The number of aliphatic hydroxyl groups excluding tert-OH is 1. The molecule has 1 aliphatic rings. The summed E-state index contributed by atoms with van der Waals surface area (Å²) < 4.78 is 0. The van der Waals surface area contributed by atoms with Gasteiger partial charge < -0.3 is 47.8 Å². The van der Waals surface area contributed by atoms with Crippen LogP contribution < -0.4 is 38.1 Å². The number of nitrogens with one attached hydrogen (secondary N) is 5. The summed E-state index contributed by atoms with van der Waals surface area (Å²) in [5.41, 5.74) is 10.9. The van der Waals surface area contributed by atoms with Gasteiger partial charge in [-0.1, -0.05) is 0 Å². The lowest BCUT2D eigenvalue weighted by Gasteiger charge is -2.30.